The monoisotopic (exact) mass is 587 g/mol. The zero-order valence-electron chi connectivity index (χ0n) is 22.2. The smallest absolute Gasteiger partial charge is 0.419 e. The number of hydrogen-bond acceptors (Lipinski definition) is 7. The standard InChI is InChI=1S/C28H28F3N5O4S/c1-27(32,16-18-8-4-3-5-9-18)26-35-34-24(40-26)22-13-19(14-23(15-22)36-41(2,38)39)12-20-10-6-7-11-21(20)17-33-25(37)28(29,30)31/h3-11,13-15,36H,12,16-17,32H2,1-2H3,(H,33,37). The van der Waals surface area contributed by atoms with Gasteiger partial charge in [-0.15, -0.1) is 10.2 Å². The van der Waals surface area contributed by atoms with Crippen LogP contribution >= 0.6 is 0 Å². The lowest BCUT2D eigenvalue weighted by molar-refractivity contribution is -0.173. The van der Waals surface area contributed by atoms with Gasteiger partial charge in [0.15, 0.2) is 0 Å². The molecule has 3 aromatic carbocycles. The zero-order valence-corrected chi connectivity index (χ0v) is 23.0. The fourth-order valence-corrected chi connectivity index (χ4v) is 4.80. The van der Waals surface area contributed by atoms with E-state index in [1.165, 1.54) is 6.07 Å². The summed E-state index contributed by atoms with van der Waals surface area (Å²) in [6.45, 7) is 1.42. The van der Waals surface area contributed by atoms with Gasteiger partial charge in [0.2, 0.25) is 21.8 Å². The summed E-state index contributed by atoms with van der Waals surface area (Å²) in [6.07, 6.45) is -3.36. The number of nitrogens with one attached hydrogen (secondary N) is 2. The number of alkyl halides is 3. The van der Waals surface area contributed by atoms with E-state index in [1.54, 1.807) is 43.3 Å². The molecule has 1 unspecified atom stereocenters. The summed E-state index contributed by atoms with van der Waals surface area (Å²) in [5.41, 5.74) is 8.82. The van der Waals surface area contributed by atoms with Crippen LogP contribution in [0.15, 0.2) is 77.2 Å². The first-order valence-corrected chi connectivity index (χ1v) is 14.3. The second kappa shape index (κ2) is 11.7. The van der Waals surface area contributed by atoms with E-state index in [-0.39, 0.29) is 30.4 Å². The highest BCUT2D eigenvalue weighted by Gasteiger charge is 2.38. The second-order valence-electron chi connectivity index (χ2n) is 9.91. The molecule has 216 valence electrons. The maximum absolute atomic E-state index is 12.7. The molecule has 0 radical (unpaired) electrons. The molecule has 4 rings (SSSR count). The highest BCUT2D eigenvalue weighted by atomic mass is 32.2. The van der Waals surface area contributed by atoms with Crippen molar-refractivity contribution in [1.29, 1.82) is 0 Å². The highest BCUT2D eigenvalue weighted by Crippen LogP contribution is 2.30. The molecule has 1 heterocycles. The SMILES string of the molecule is CC(N)(Cc1ccccc1)c1nnc(-c2cc(Cc3ccccc3CNC(=O)C(F)(F)F)cc(NS(C)(=O)=O)c2)o1. The molecule has 4 N–H and O–H groups in total. The van der Waals surface area contributed by atoms with Crippen LogP contribution in [0.1, 0.15) is 35.1 Å². The molecule has 1 aromatic heterocycles. The third-order valence-electron chi connectivity index (χ3n) is 6.08. The van der Waals surface area contributed by atoms with Crippen molar-refractivity contribution < 1.29 is 30.8 Å². The predicted molar refractivity (Wildman–Crippen MR) is 147 cm³/mol. The van der Waals surface area contributed by atoms with E-state index >= 15 is 0 Å². The molecular weight excluding hydrogens is 559 g/mol. The molecule has 4 aromatic rings. The number of nitrogens with zero attached hydrogens (tertiary/aromatic N) is 2. The van der Waals surface area contributed by atoms with Crippen LogP contribution in [-0.2, 0) is 39.7 Å². The minimum Gasteiger partial charge on any atom is -0.419 e. The first kappa shape index (κ1) is 29.7. The lowest BCUT2D eigenvalue weighted by Gasteiger charge is -2.20. The lowest BCUT2D eigenvalue weighted by Crippen LogP contribution is -2.36. The maximum atomic E-state index is 12.7. The predicted octanol–water partition coefficient (Wildman–Crippen LogP) is 4.29. The number of anilines is 1. The van der Waals surface area contributed by atoms with E-state index in [9.17, 15) is 26.4 Å². The molecular formula is C28H28F3N5O4S. The van der Waals surface area contributed by atoms with Gasteiger partial charge in [-0.05, 0) is 60.2 Å². The van der Waals surface area contributed by atoms with E-state index in [4.69, 9.17) is 10.2 Å². The Morgan fingerprint density at radius 1 is 0.951 bits per heavy atom. The number of halogens is 3. The molecule has 0 aliphatic carbocycles. The Labute approximate surface area is 235 Å². The fourth-order valence-electron chi connectivity index (χ4n) is 4.25. The van der Waals surface area contributed by atoms with Gasteiger partial charge in [-0.25, -0.2) is 8.42 Å². The number of amides is 1. The van der Waals surface area contributed by atoms with E-state index in [0.29, 0.717) is 28.7 Å². The van der Waals surface area contributed by atoms with Gasteiger partial charge in [0.05, 0.1) is 11.8 Å². The molecule has 0 fully saturated rings. The molecule has 1 atom stereocenters. The molecule has 9 nitrogen and oxygen atoms in total. The summed E-state index contributed by atoms with van der Waals surface area (Å²) in [5, 5.41) is 10.2. The first-order chi connectivity index (χ1) is 19.2. The molecule has 0 spiro atoms. The van der Waals surface area contributed by atoms with Gasteiger partial charge in [0.25, 0.3) is 0 Å². The Hall–Kier alpha value is -4.23. The summed E-state index contributed by atoms with van der Waals surface area (Å²) >= 11 is 0. The van der Waals surface area contributed by atoms with E-state index in [1.807, 2.05) is 35.6 Å². The molecule has 0 aliphatic rings. The number of sulfonamides is 1. The van der Waals surface area contributed by atoms with Crippen molar-refractivity contribution in [2.45, 2.75) is 38.0 Å². The van der Waals surface area contributed by atoms with Crippen molar-refractivity contribution in [3.63, 3.8) is 0 Å². The van der Waals surface area contributed by atoms with Crippen LogP contribution in [0.5, 0.6) is 0 Å². The van der Waals surface area contributed by atoms with Gasteiger partial charge in [0.1, 0.15) is 0 Å². The Morgan fingerprint density at radius 3 is 2.27 bits per heavy atom. The Kier molecular flexibility index (Phi) is 8.50. The normalized spacial score (nSPS) is 13.4. The van der Waals surface area contributed by atoms with Crippen LogP contribution in [0.4, 0.5) is 18.9 Å². The third-order valence-corrected chi connectivity index (χ3v) is 6.69. The summed E-state index contributed by atoms with van der Waals surface area (Å²) < 4.78 is 70.4. The largest absolute Gasteiger partial charge is 0.471 e. The van der Waals surface area contributed by atoms with Crippen molar-refractivity contribution in [1.82, 2.24) is 15.5 Å². The summed E-state index contributed by atoms with van der Waals surface area (Å²) in [7, 11) is -3.65. The Bertz CT molecular complexity index is 1640. The van der Waals surface area contributed by atoms with Gasteiger partial charge in [0, 0.05) is 17.8 Å². The van der Waals surface area contributed by atoms with Crippen molar-refractivity contribution in [3.8, 4) is 11.5 Å². The lowest BCUT2D eigenvalue weighted by atomic mass is 9.94. The second-order valence-corrected chi connectivity index (χ2v) is 11.7. The summed E-state index contributed by atoms with van der Waals surface area (Å²) in [6, 6.07) is 21.1. The molecule has 0 saturated carbocycles. The van der Waals surface area contributed by atoms with Gasteiger partial charge < -0.3 is 15.5 Å². The van der Waals surface area contributed by atoms with E-state index in [2.05, 4.69) is 14.9 Å². The van der Waals surface area contributed by atoms with Crippen LogP contribution in [0.3, 0.4) is 0 Å². The first-order valence-electron chi connectivity index (χ1n) is 12.4. The molecule has 13 heteroatoms. The third kappa shape index (κ3) is 8.14. The minimum absolute atomic E-state index is 0.105. The molecule has 0 bridgehead atoms. The maximum Gasteiger partial charge on any atom is 0.471 e. The number of nitrogens with two attached hydrogens (primary N) is 1. The van der Waals surface area contributed by atoms with Crippen LogP contribution in [-0.4, -0.2) is 37.0 Å². The number of hydrogen-bond donors (Lipinski definition) is 3. The topological polar surface area (TPSA) is 140 Å². The van der Waals surface area contributed by atoms with Gasteiger partial charge in [-0.2, -0.15) is 13.2 Å². The molecule has 1 amide bonds. The number of rotatable bonds is 10. The summed E-state index contributed by atoms with van der Waals surface area (Å²) in [4.78, 5) is 11.3. The average molecular weight is 588 g/mol. The van der Waals surface area contributed by atoms with E-state index < -0.39 is 27.6 Å². The van der Waals surface area contributed by atoms with Crippen molar-refractivity contribution in [2.24, 2.45) is 5.73 Å². The van der Waals surface area contributed by atoms with Crippen LogP contribution < -0.4 is 15.8 Å². The van der Waals surface area contributed by atoms with Crippen molar-refractivity contribution >= 4 is 21.6 Å². The van der Waals surface area contributed by atoms with Gasteiger partial charge in [-0.1, -0.05) is 54.6 Å². The Morgan fingerprint density at radius 2 is 1.61 bits per heavy atom. The fraction of sp³-hybridized carbons (Fsp3) is 0.250. The number of benzene rings is 3. The highest BCUT2D eigenvalue weighted by molar-refractivity contribution is 7.92. The van der Waals surface area contributed by atoms with E-state index in [0.717, 1.165) is 11.8 Å². The Balaban J connectivity index is 1.64. The average Bonchev–Trinajstić information content (AvgIpc) is 3.38. The minimum atomic E-state index is -5.00. The van der Waals surface area contributed by atoms with Gasteiger partial charge in [-0.3, -0.25) is 9.52 Å². The van der Waals surface area contributed by atoms with Crippen molar-refractivity contribution in [3.05, 3.63) is 101 Å². The number of carbonyl (C=O) groups is 1. The van der Waals surface area contributed by atoms with Gasteiger partial charge >= 0.3 is 12.1 Å². The van der Waals surface area contributed by atoms with Crippen LogP contribution in [0.2, 0.25) is 0 Å². The molecule has 0 aliphatic heterocycles. The van der Waals surface area contributed by atoms with Crippen LogP contribution in [0.25, 0.3) is 11.5 Å². The number of carbonyl (C=O) groups excluding carboxylic acids is 1. The van der Waals surface area contributed by atoms with Crippen molar-refractivity contribution in [2.75, 3.05) is 11.0 Å². The number of aromatic nitrogens is 2. The molecule has 0 saturated heterocycles. The summed E-state index contributed by atoms with van der Waals surface area (Å²) in [5.74, 6) is -1.75. The quantitative estimate of drug-likeness (QED) is 0.251. The van der Waals surface area contributed by atoms with Crippen LogP contribution in [0, 0.1) is 0 Å². The molecule has 41 heavy (non-hydrogen) atoms. The zero-order chi connectivity index (χ0) is 29.8.